The molecule has 0 saturated heterocycles. The van der Waals surface area contributed by atoms with Crippen LogP contribution in [-0.2, 0) is 0 Å². The van der Waals surface area contributed by atoms with Gasteiger partial charge in [-0.15, -0.1) is 0 Å². The Morgan fingerprint density at radius 3 is 2.40 bits per heavy atom. The highest BCUT2D eigenvalue weighted by atomic mass is 19.3. The van der Waals surface area contributed by atoms with Crippen LogP contribution in [0.3, 0.4) is 0 Å². The Balaban J connectivity index is 2.32. The Morgan fingerprint density at radius 1 is 1.10 bits per heavy atom. The first kappa shape index (κ1) is 13.9. The maximum absolute atomic E-state index is 12.2. The van der Waals surface area contributed by atoms with Crippen molar-refractivity contribution >= 4 is 5.78 Å². The number of hydrogen-bond donors (Lipinski definition) is 0. The van der Waals surface area contributed by atoms with E-state index in [4.69, 9.17) is 4.74 Å². The molecule has 2 aromatic rings. The van der Waals surface area contributed by atoms with Crippen molar-refractivity contribution in [2.45, 2.75) is 6.61 Å². The molecule has 4 nitrogen and oxygen atoms in total. The lowest BCUT2D eigenvalue weighted by Gasteiger charge is -2.11. The molecule has 1 heterocycles. The summed E-state index contributed by atoms with van der Waals surface area (Å²) in [5.74, 6) is -0.298. The number of aromatic nitrogens is 1. The third-order valence-corrected chi connectivity index (χ3v) is 2.58. The van der Waals surface area contributed by atoms with Crippen molar-refractivity contribution in [2.75, 3.05) is 7.11 Å². The van der Waals surface area contributed by atoms with Crippen LogP contribution >= 0.6 is 0 Å². The van der Waals surface area contributed by atoms with Gasteiger partial charge in [-0.2, -0.15) is 8.78 Å². The van der Waals surface area contributed by atoms with Gasteiger partial charge in [-0.1, -0.05) is 0 Å². The van der Waals surface area contributed by atoms with Crippen molar-refractivity contribution in [3.8, 4) is 11.5 Å². The van der Waals surface area contributed by atoms with Gasteiger partial charge < -0.3 is 9.47 Å². The monoisotopic (exact) mass is 279 g/mol. The van der Waals surface area contributed by atoms with Gasteiger partial charge in [-0.25, -0.2) is 0 Å². The Hall–Kier alpha value is -2.50. The molecule has 0 aliphatic rings. The number of ketones is 1. The number of pyridine rings is 1. The third-order valence-electron chi connectivity index (χ3n) is 2.58. The molecule has 0 atom stereocenters. The summed E-state index contributed by atoms with van der Waals surface area (Å²) in [6.07, 6.45) is 3.00. The highest BCUT2D eigenvalue weighted by molar-refractivity contribution is 6.09. The topological polar surface area (TPSA) is 48.4 Å². The normalized spacial score (nSPS) is 10.4. The van der Waals surface area contributed by atoms with Crippen LogP contribution in [0.1, 0.15) is 15.9 Å². The fourth-order valence-electron chi connectivity index (χ4n) is 1.67. The van der Waals surface area contributed by atoms with Gasteiger partial charge in [0.05, 0.1) is 7.11 Å². The molecule has 6 heteroatoms. The van der Waals surface area contributed by atoms with Gasteiger partial charge in [0.25, 0.3) is 0 Å². The molecular weight excluding hydrogens is 268 g/mol. The predicted octanol–water partition coefficient (Wildman–Crippen LogP) is 2.92. The maximum Gasteiger partial charge on any atom is 0.387 e. The van der Waals surface area contributed by atoms with Gasteiger partial charge in [-0.3, -0.25) is 9.78 Å². The fourth-order valence-corrected chi connectivity index (χ4v) is 1.67. The summed E-state index contributed by atoms with van der Waals surface area (Å²) in [5, 5.41) is 0. The highest BCUT2D eigenvalue weighted by Gasteiger charge is 2.15. The van der Waals surface area contributed by atoms with Crippen LogP contribution in [0, 0.1) is 0 Å². The zero-order valence-electron chi connectivity index (χ0n) is 10.5. The van der Waals surface area contributed by atoms with E-state index in [0.717, 1.165) is 0 Å². The maximum atomic E-state index is 12.2. The lowest BCUT2D eigenvalue weighted by molar-refractivity contribution is -0.0512. The second kappa shape index (κ2) is 6.10. The summed E-state index contributed by atoms with van der Waals surface area (Å²) in [6.45, 7) is -2.95. The summed E-state index contributed by atoms with van der Waals surface area (Å²) in [6, 6.07) is 7.18. The van der Waals surface area contributed by atoms with Crippen LogP contribution in [0.2, 0.25) is 0 Å². The molecule has 2 rings (SSSR count). The van der Waals surface area contributed by atoms with Crippen molar-refractivity contribution in [2.24, 2.45) is 0 Å². The number of halogens is 2. The smallest absolute Gasteiger partial charge is 0.387 e. The quantitative estimate of drug-likeness (QED) is 0.790. The molecule has 0 bridgehead atoms. The van der Waals surface area contributed by atoms with Crippen molar-refractivity contribution < 1.29 is 23.0 Å². The molecule has 0 spiro atoms. The van der Waals surface area contributed by atoms with Gasteiger partial charge in [0.15, 0.2) is 17.3 Å². The minimum absolute atomic E-state index is 0.0743. The third kappa shape index (κ3) is 3.09. The summed E-state index contributed by atoms with van der Waals surface area (Å²) < 4.78 is 33.7. The number of ether oxygens (including phenoxy) is 2. The fraction of sp³-hybridized carbons (Fsp3) is 0.143. The highest BCUT2D eigenvalue weighted by Crippen LogP contribution is 2.30. The van der Waals surface area contributed by atoms with Gasteiger partial charge >= 0.3 is 6.61 Å². The molecule has 0 N–H and O–H groups in total. The Labute approximate surface area is 114 Å². The first-order valence-corrected chi connectivity index (χ1v) is 5.69. The van der Waals surface area contributed by atoms with Crippen molar-refractivity contribution in [3.05, 3.63) is 53.9 Å². The van der Waals surface area contributed by atoms with Gasteiger partial charge in [0.2, 0.25) is 0 Å². The molecule has 0 amide bonds. The average Bonchev–Trinajstić information content (AvgIpc) is 2.47. The predicted molar refractivity (Wildman–Crippen MR) is 67.3 cm³/mol. The summed E-state index contributed by atoms with van der Waals surface area (Å²) in [5.41, 5.74) is 0.763. The van der Waals surface area contributed by atoms with Gasteiger partial charge in [-0.05, 0) is 30.3 Å². The van der Waals surface area contributed by atoms with Crippen LogP contribution in [0.4, 0.5) is 8.78 Å². The van der Waals surface area contributed by atoms with Crippen molar-refractivity contribution in [1.29, 1.82) is 0 Å². The number of benzene rings is 1. The zero-order valence-corrected chi connectivity index (χ0v) is 10.5. The number of carbonyl (C=O) groups is 1. The molecular formula is C14H11F2NO3. The van der Waals surface area contributed by atoms with Gasteiger partial charge in [0.1, 0.15) is 0 Å². The number of rotatable bonds is 5. The van der Waals surface area contributed by atoms with Crippen molar-refractivity contribution in [3.63, 3.8) is 0 Å². The number of alkyl halides is 2. The molecule has 0 aliphatic carbocycles. The Bertz CT molecular complexity index is 603. The lowest BCUT2D eigenvalue weighted by Crippen LogP contribution is -2.06. The largest absolute Gasteiger partial charge is 0.493 e. The van der Waals surface area contributed by atoms with E-state index in [1.54, 1.807) is 12.1 Å². The molecule has 1 aromatic carbocycles. The molecule has 0 radical (unpaired) electrons. The molecule has 1 aromatic heterocycles. The van der Waals surface area contributed by atoms with Crippen molar-refractivity contribution in [1.82, 2.24) is 4.98 Å². The summed E-state index contributed by atoms with van der Waals surface area (Å²) in [7, 11) is 1.31. The van der Waals surface area contributed by atoms with Crippen LogP contribution in [0.5, 0.6) is 11.5 Å². The molecule has 20 heavy (non-hydrogen) atoms. The van der Waals surface area contributed by atoms with Gasteiger partial charge in [0, 0.05) is 23.5 Å². The van der Waals surface area contributed by atoms with E-state index in [1.807, 2.05) is 0 Å². The molecule has 104 valence electrons. The number of carbonyl (C=O) groups excluding carboxylic acids is 1. The first-order valence-electron chi connectivity index (χ1n) is 5.69. The summed E-state index contributed by atoms with van der Waals surface area (Å²) in [4.78, 5) is 16.0. The van der Waals surface area contributed by atoms with E-state index in [9.17, 15) is 13.6 Å². The standard InChI is InChI=1S/C14H11F2NO3/c1-19-12-8-10(2-3-11(12)20-14(15)16)13(18)9-4-6-17-7-5-9/h2-8,14H,1H3. The second-order valence-corrected chi connectivity index (χ2v) is 3.81. The van der Waals surface area contributed by atoms with E-state index in [2.05, 4.69) is 9.72 Å². The number of methoxy groups -OCH3 is 1. The zero-order chi connectivity index (χ0) is 14.5. The second-order valence-electron chi connectivity index (χ2n) is 3.81. The van der Waals surface area contributed by atoms with E-state index >= 15 is 0 Å². The molecule has 0 fully saturated rings. The van der Waals surface area contributed by atoms with Crippen LogP contribution in [0.25, 0.3) is 0 Å². The van der Waals surface area contributed by atoms with E-state index in [1.165, 1.54) is 37.7 Å². The van der Waals surface area contributed by atoms with Crippen LogP contribution in [-0.4, -0.2) is 24.5 Å². The molecule has 0 aliphatic heterocycles. The van der Waals surface area contributed by atoms with E-state index in [0.29, 0.717) is 11.1 Å². The first-order chi connectivity index (χ1) is 9.61. The van der Waals surface area contributed by atoms with E-state index < -0.39 is 6.61 Å². The Morgan fingerprint density at radius 2 is 1.80 bits per heavy atom. The summed E-state index contributed by atoms with van der Waals surface area (Å²) >= 11 is 0. The number of hydrogen-bond acceptors (Lipinski definition) is 4. The average molecular weight is 279 g/mol. The molecule has 0 unspecified atom stereocenters. The Kier molecular flexibility index (Phi) is 4.24. The van der Waals surface area contributed by atoms with Crippen LogP contribution < -0.4 is 9.47 Å². The minimum Gasteiger partial charge on any atom is -0.493 e. The van der Waals surface area contributed by atoms with Crippen LogP contribution in [0.15, 0.2) is 42.7 Å². The minimum atomic E-state index is -2.95. The van der Waals surface area contributed by atoms with E-state index in [-0.39, 0.29) is 17.3 Å². The number of nitrogens with zero attached hydrogens (tertiary/aromatic N) is 1. The molecule has 0 saturated carbocycles. The lowest BCUT2D eigenvalue weighted by atomic mass is 10.0. The SMILES string of the molecule is COc1cc(C(=O)c2ccncc2)ccc1OC(F)F.